The summed E-state index contributed by atoms with van der Waals surface area (Å²) in [5, 5.41) is 5.00. The molecule has 0 unspecified atom stereocenters. The number of aromatic nitrogens is 1. The van der Waals surface area contributed by atoms with Gasteiger partial charge in [0.15, 0.2) is 0 Å². The maximum absolute atomic E-state index is 2.42. The third kappa shape index (κ3) is 6.48. The molecule has 1 aliphatic carbocycles. The van der Waals surface area contributed by atoms with Crippen molar-refractivity contribution in [3.05, 3.63) is 241 Å². The van der Waals surface area contributed by atoms with Crippen molar-refractivity contribution in [1.29, 1.82) is 0 Å². The van der Waals surface area contributed by atoms with E-state index in [2.05, 4.69) is 256 Å². The molecular weight excluding hydrogens is 785 g/mol. The largest absolute Gasteiger partial charge is 0.311 e. The van der Waals surface area contributed by atoms with Crippen molar-refractivity contribution in [2.45, 2.75) is 33.1 Å². The van der Waals surface area contributed by atoms with Gasteiger partial charge in [-0.25, -0.2) is 0 Å². The van der Waals surface area contributed by atoms with E-state index in [1.165, 1.54) is 99.3 Å². The van der Waals surface area contributed by atoms with Gasteiger partial charge in [0.2, 0.25) is 0 Å². The average molecular weight is 833 g/mol. The summed E-state index contributed by atoms with van der Waals surface area (Å²) >= 11 is 0. The predicted octanol–water partition coefficient (Wildman–Crippen LogP) is 17.3. The van der Waals surface area contributed by atoms with Gasteiger partial charge >= 0.3 is 0 Å². The van der Waals surface area contributed by atoms with Crippen LogP contribution in [0.3, 0.4) is 0 Å². The normalized spacial score (nSPS) is 12.7. The lowest BCUT2D eigenvalue weighted by atomic mass is 9.81. The van der Waals surface area contributed by atoms with Crippen LogP contribution in [-0.4, -0.2) is 4.57 Å². The highest BCUT2D eigenvalue weighted by atomic mass is 15.1. The number of para-hydroxylation sites is 1. The Kier molecular flexibility index (Phi) is 9.00. The SMILES string of the molecule is Cc1ccc(N(c2ccc(-c3ccc4c(c3)C(C)(C)c3cc(C)ccc3-4)cc2)c2ccc(-c3ccc4c(c3)c3ccccc3n4-c3cccc(-c4cccc5ccccc45)c3)cc2)cc1. The van der Waals surface area contributed by atoms with Gasteiger partial charge < -0.3 is 9.47 Å². The Labute approximate surface area is 381 Å². The van der Waals surface area contributed by atoms with E-state index in [-0.39, 0.29) is 5.41 Å². The van der Waals surface area contributed by atoms with Gasteiger partial charge in [0, 0.05) is 38.9 Å². The van der Waals surface area contributed by atoms with E-state index in [1.54, 1.807) is 0 Å². The van der Waals surface area contributed by atoms with Crippen LogP contribution in [0.25, 0.3) is 82.8 Å². The molecule has 10 aromatic carbocycles. The van der Waals surface area contributed by atoms with E-state index < -0.39 is 0 Å². The Bertz CT molecular complexity index is 3620. The lowest BCUT2D eigenvalue weighted by Crippen LogP contribution is -2.15. The first-order chi connectivity index (χ1) is 31.8. The van der Waals surface area contributed by atoms with Crippen LogP contribution in [-0.2, 0) is 5.41 Å². The molecule has 1 heterocycles. The van der Waals surface area contributed by atoms with E-state index in [9.17, 15) is 0 Å². The topological polar surface area (TPSA) is 8.17 Å². The number of anilines is 3. The van der Waals surface area contributed by atoms with Gasteiger partial charge in [-0.15, -0.1) is 0 Å². The van der Waals surface area contributed by atoms with Crippen molar-refractivity contribution < 1.29 is 0 Å². The van der Waals surface area contributed by atoms with Gasteiger partial charge in [0.05, 0.1) is 11.0 Å². The Morgan fingerprint density at radius 2 is 0.892 bits per heavy atom. The molecule has 310 valence electrons. The van der Waals surface area contributed by atoms with Gasteiger partial charge in [-0.05, 0) is 153 Å². The fourth-order valence-electron chi connectivity index (χ4n) is 10.5. The molecule has 0 N–H and O–H groups in total. The van der Waals surface area contributed by atoms with Crippen LogP contribution < -0.4 is 4.90 Å². The van der Waals surface area contributed by atoms with Crippen molar-refractivity contribution in [2.75, 3.05) is 4.90 Å². The quantitative estimate of drug-likeness (QED) is 0.155. The molecule has 1 aromatic heterocycles. The Morgan fingerprint density at radius 1 is 0.354 bits per heavy atom. The first-order valence-electron chi connectivity index (χ1n) is 22.7. The Hall–Kier alpha value is -7.94. The molecule has 0 amide bonds. The standard InChI is InChI=1S/C63H48N2/c1-41-19-28-49(29-20-41)64(51-32-24-44(25-33-51)47-26-35-56-55-34-21-42(2)37-59(55)63(3,4)60(56)40-47)50-30-22-43(23-31-50)46-27-36-62-58(39-46)57-16-7-8-18-61(57)65(62)52-14-9-13-48(38-52)54-17-10-12-45-11-5-6-15-53(45)54/h5-40H,1-4H3. The minimum Gasteiger partial charge on any atom is -0.311 e. The molecule has 2 heteroatoms. The summed E-state index contributed by atoms with van der Waals surface area (Å²) in [6.45, 7) is 9.06. The fourth-order valence-corrected chi connectivity index (χ4v) is 10.5. The molecule has 1 aliphatic rings. The molecule has 0 saturated carbocycles. The highest BCUT2D eigenvalue weighted by Gasteiger charge is 2.35. The second-order valence-electron chi connectivity index (χ2n) is 18.4. The third-order valence-corrected chi connectivity index (χ3v) is 13.9. The molecule has 12 rings (SSSR count). The lowest BCUT2D eigenvalue weighted by Gasteiger charge is -2.26. The number of benzene rings is 10. The molecule has 0 atom stereocenters. The van der Waals surface area contributed by atoms with E-state index in [1.807, 2.05) is 0 Å². The van der Waals surface area contributed by atoms with Crippen molar-refractivity contribution >= 4 is 49.6 Å². The van der Waals surface area contributed by atoms with Crippen LogP contribution >= 0.6 is 0 Å². The lowest BCUT2D eigenvalue weighted by molar-refractivity contribution is 0.660. The molecule has 0 saturated heterocycles. The number of aryl methyl sites for hydroxylation is 2. The second kappa shape index (κ2) is 15.1. The zero-order chi connectivity index (χ0) is 43.8. The maximum Gasteiger partial charge on any atom is 0.0541 e. The van der Waals surface area contributed by atoms with E-state index in [4.69, 9.17) is 0 Å². The summed E-state index contributed by atoms with van der Waals surface area (Å²) < 4.78 is 2.42. The smallest absolute Gasteiger partial charge is 0.0541 e. The highest BCUT2D eigenvalue weighted by Crippen LogP contribution is 2.50. The molecule has 0 bridgehead atoms. The maximum atomic E-state index is 2.42. The number of hydrogen-bond acceptors (Lipinski definition) is 1. The molecule has 11 aromatic rings. The summed E-state index contributed by atoms with van der Waals surface area (Å²) in [4.78, 5) is 2.36. The zero-order valence-corrected chi connectivity index (χ0v) is 37.2. The van der Waals surface area contributed by atoms with Crippen LogP contribution in [0.4, 0.5) is 17.1 Å². The third-order valence-electron chi connectivity index (χ3n) is 13.9. The number of rotatable bonds is 7. The molecule has 65 heavy (non-hydrogen) atoms. The van der Waals surface area contributed by atoms with Crippen molar-refractivity contribution in [1.82, 2.24) is 4.57 Å². The van der Waals surface area contributed by atoms with Crippen LogP contribution in [0.1, 0.15) is 36.1 Å². The van der Waals surface area contributed by atoms with E-state index >= 15 is 0 Å². The van der Waals surface area contributed by atoms with Crippen molar-refractivity contribution in [3.63, 3.8) is 0 Å². The first kappa shape index (κ1) is 38.7. The molecule has 2 nitrogen and oxygen atoms in total. The van der Waals surface area contributed by atoms with Crippen molar-refractivity contribution in [3.8, 4) is 50.2 Å². The van der Waals surface area contributed by atoms with Gasteiger partial charge in [0.25, 0.3) is 0 Å². The molecule has 0 fully saturated rings. The van der Waals surface area contributed by atoms with Crippen molar-refractivity contribution in [2.24, 2.45) is 0 Å². The Balaban J connectivity index is 0.881. The molecule has 0 radical (unpaired) electrons. The van der Waals surface area contributed by atoms with Gasteiger partial charge in [-0.1, -0.05) is 171 Å². The van der Waals surface area contributed by atoms with Crippen LogP contribution in [0.2, 0.25) is 0 Å². The number of hydrogen-bond donors (Lipinski definition) is 0. The zero-order valence-electron chi connectivity index (χ0n) is 37.2. The summed E-state index contributed by atoms with van der Waals surface area (Å²) in [6, 6.07) is 80.8. The van der Waals surface area contributed by atoms with Gasteiger partial charge in [-0.2, -0.15) is 0 Å². The summed E-state index contributed by atoms with van der Waals surface area (Å²) in [5.74, 6) is 0. The highest BCUT2D eigenvalue weighted by molar-refractivity contribution is 6.10. The molecule has 0 spiro atoms. The van der Waals surface area contributed by atoms with Gasteiger partial charge in [-0.3, -0.25) is 0 Å². The predicted molar refractivity (Wildman–Crippen MR) is 276 cm³/mol. The number of fused-ring (bicyclic) bond motifs is 7. The molecular formula is C63H48N2. The van der Waals surface area contributed by atoms with Crippen LogP contribution in [0.5, 0.6) is 0 Å². The van der Waals surface area contributed by atoms with Gasteiger partial charge in [0.1, 0.15) is 0 Å². The van der Waals surface area contributed by atoms with Crippen LogP contribution in [0, 0.1) is 13.8 Å². The monoisotopic (exact) mass is 832 g/mol. The van der Waals surface area contributed by atoms with E-state index in [0.717, 1.165) is 22.7 Å². The fraction of sp³-hybridized carbons (Fsp3) is 0.0794. The minimum absolute atomic E-state index is 0.0442. The average Bonchev–Trinajstić information content (AvgIpc) is 3.79. The minimum atomic E-state index is -0.0442. The first-order valence-corrected chi connectivity index (χ1v) is 22.7. The summed E-state index contributed by atoms with van der Waals surface area (Å²) in [7, 11) is 0. The second-order valence-corrected chi connectivity index (χ2v) is 18.4. The Morgan fingerprint density at radius 3 is 1.63 bits per heavy atom. The summed E-state index contributed by atoms with van der Waals surface area (Å²) in [6.07, 6.45) is 0. The van der Waals surface area contributed by atoms with Crippen LogP contribution in [0.15, 0.2) is 218 Å². The van der Waals surface area contributed by atoms with E-state index in [0.29, 0.717) is 0 Å². The molecule has 0 aliphatic heterocycles. The summed E-state index contributed by atoms with van der Waals surface area (Å²) in [5.41, 5.74) is 22.2. The number of nitrogens with zero attached hydrogens (tertiary/aromatic N) is 2.